The van der Waals surface area contributed by atoms with E-state index in [2.05, 4.69) is 0 Å². The summed E-state index contributed by atoms with van der Waals surface area (Å²) in [4.78, 5) is 1.69. The topological polar surface area (TPSA) is 67.5 Å². The lowest BCUT2D eigenvalue weighted by Crippen LogP contribution is -2.39. The first-order valence-corrected chi connectivity index (χ1v) is 7.58. The molecule has 116 valence electrons. The molecule has 0 saturated carbocycles. The number of hydrogen-bond donors (Lipinski definition) is 2. The molecule has 2 aromatic carbocycles. The highest BCUT2D eigenvalue weighted by molar-refractivity contribution is 6.32. The molecular formula is C18H15ClN2O2. The van der Waals surface area contributed by atoms with E-state index in [0.29, 0.717) is 22.7 Å². The van der Waals surface area contributed by atoms with Gasteiger partial charge in [-0.05, 0) is 23.8 Å². The molecule has 4 nitrogen and oxygen atoms in total. The number of hydrogen-bond acceptors (Lipinski definition) is 4. The van der Waals surface area contributed by atoms with E-state index >= 15 is 0 Å². The first-order chi connectivity index (χ1) is 11.1. The third-order valence-corrected chi connectivity index (χ3v) is 4.24. The summed E-state index contributed by atoms with van der Waals surface area (Å²) in [6.07, 6.45) is 1.03. The van der Waals surface area contributed by atoms with Crippen molar-refractivity contribution in [3.8, 4) is 6.07 Å². The zero-order chi connectivity index (χ0) is 16.4. The minimum absolute atomic E-state index is 0.127. The fourth-order valence-electron chi connectivity index (χ4n) is 2.80. The molecular weight excluding hydrogens is 312 g/mol. The molecule has 0 aliphatic carbocycles. The average Bonchev–Trinajstić information content (AvgIpc) is 2.82. The quantitative estimate of drug-likeness (QED) is 0.907. The predicted molar refractivity (Wildman–Crippen MR) is 89.3 cm³/mol. The van der Waals surface area contributed by atoms with Gasteiger partial charge in [-0.15, -0.1) is 0 Å². The SMILES string of the molecule is N#Cc1ccc(N2C(O)C=C(O)C2Cc2ccccc2)cc1Cl. The van der Waals surface area contributed by atoms with Gasteiger partial charge in [0.25, 0.3) is 0 Å². The summed E-state index contributed by atoms with van der Waals surface area (Å²) in [5, 5.41) is 29.7. The molecule has 0 radical (unpaired) electrons. The van der Waals surface area contributed by atoms with Gasteiger partial charge in [0.1, 0.15) is 18.1 Å². The van der Waals surface area contributed by atoms with Crippen molar-refractivity contribution in [2.75, 3.05) is 4.90 Å². The molecule has 0 amide bonds. The van der Waals surface area contributed by atoms with Crippen LogP contribution in [0.3, 0.4) is 0 Å². The van der Waals surface area contributed by atoms with Crippen LogP contribution >= 0.6 is 11.6 Å². The zero-order valence-electron chi connectivity index (χ0n) is 12.2. The Labute approximate surface area is 139 Å². The van der Waals surface area contributed by atoms with Gasteiger partial charge in [0.05, 0.1) is 16.6 Å². The average molecular weight is 327 g/mol. The van der Waals surface area contributed by atoms with Crippen LogP contribution in [-0.4, -0.2) is 22.5 Å². The number of nitriles is 1. The molecule has 2 N–H and O–H groups in total. The minimum atomic E-state index is -0.937. The fourth-order valence-corrected chi connectivity index (χ4v) is 3.02. The maximum Gasteiger partial charge on any atom is 0.150 e. The Morgan fingerprint density at radius 2 is 1.91 bits per heavy atom. The summed E-state index contributed by atoms with van der Waals surface area (Å²) >= 11 is 6.09. The summed E-state index contributed by atoms with van der Waals surface area (Å²) in [7, 11) is 0. The molecule has 3 rings (SSSR count). The second-order valence-corrected chi connectivity index (χ2v) is 5.80. The molecule has 0 saturated heterocycles. The van der Waals surface area contributed by atoms with Crippen LogP contribution in [0.1, 0.15) is 11.1 Å². The first kappa shape index (κ1) is 15.4. The number of anilines is 1. The van der Waals surface area contributed by atoms with Crippen molar-refractivity contribution < 1.29 is 10.2 Å². The Kier molecular flexibility index (Phi) is 4.24. The van der Waals surface area contributed by atoms with Gasteiger partial charge in [-0.1, -0.05) is 41.9 Å². The number of halogens is 1. The highest BCUT2D eigenvalue weighted by Crippen LogP contribution is 2.32. The van der Waals surface area contributed by atoms with Crippen molar-refractivity contribution in [2.24, 2.45) is 0 Å². The van der Waals surface area contributed by atoms with Crippen molar-refractivity contribution in [2.45, 2.75) is 18.7 Å². The van der Waals surface area contributed by atoms with Crippen LogP contribution in [0.2, 0.25) is 5.02 Å². The van der Waals surface area contributed by atoms with Crippen molar-refractivity contribution in [1.82, 2.24) is 0 Å². The second-order valence-electron chi connectivity index (χ2n) is 5.39. The highest BCUT2D eigenvalue weighted by atomic mass is 35.5. The zero-order valence-corrected chi connectivity index (χ0v) is 13.0. The molecule has 0 bridgehead atoms. The van der Waals surface area contributed by atoms with E-state index in [9.17, 15) is 10.2 Å². The number of aliphatic hydroxyl groups is 2. The molecule has 2 atom stereocenters. The van der Waals surface area contributed by atoms with Crippen LogP contribution in [0.15, 0.2) is 60.4 Å². The third-order valence-electron chi connectivity index (χ3n) is 3.93. The third kappa shape index (κ3) is 3.02. The summed E-state index contributed by atoms with van der Waals surface area (Å²) in [5.41, 5.74) is 2.08. The maximum atomic E-state index is 10.3. The number of benzene rings is 2. The second kappa shape index (κ2) is 6.33. The lowest BCUT2D eigenvalue weighted by molar-refractivity contribution is 0.219. The van der Waals surface area contributed by atoms with E-state index in [0.717, 1.165) is 5.56 Å². The van der Waals surface area contributed by atoms with Gasteiger partial charge >= 0.3 is 0 Å². The van der Waals surface area contributed by atoms with Gasteiger partial charge in [0.15, 0.2) is 0 Å². The van der Waals surface area contributed by atoms with Crippen molar-refractivity contribution in [3.63, 3.8) is 0 Å². The predicted octanol–water partition coefficient (Wildman–Crippen LogP) is 3.40. The molecule has 2 unspecified atom stereocenters. The Morgan fingerprint density at radius 3 is 2.57 bits per heavy atom. The molecule has 1 heterocycles. The lowest BCUT2D eigenvalue weighted by Gasteiger charge is -2.30. The van der Waals surface area contributed by atoms with Crippen molar-refractivity contribution in [1.29, 1.82) is 5.26 Å². The number of rotatable bonds is 3. The van der Waals surface area contributed by atoms with Gasteiger partial charge in [-0.2, -0.15) is 5.26 Å². The fraction of sp³-hybridized carbons (Fsp3) is 0.167. The lowest BCUT2D eigenvalue weighted by atomic mass is 10.0. The monoisotopic (exact) mass is 326 g/mol. The van der Waals surface area contributed by atoms with Crippen molar-refractivity contribution >= 4 is 17.3 Å². The molecule has 23 heavy (non-hydrogen) atoms. The van der Waals surface area contributed by atoms with E-state index in [1.54, 1.807) is 23.1 Å². The van der Waals surface area contributed by atoms with Crippen LogP contribution < -0.4 is 4.90 Å². The normalized spacial score (nSPS) is 20.2. The molecule has 2 aromatic rings. The van der Waals surface area contributed by atoms with E-state index in [-0.39, 0.29) is 11.8 Å². The van der Waals surface area contributed by atoms with E-state index in [1.165, 1.54) is 6.08 Å². The maximum absolute atomic E-state index is 10.3. The molecule has 5 heteroatoms. The standard InChI is InChI=1S/C18H15ClN2O2/c19-15-9-14(7-6-13(15)11-20)21-16(17(22)10-18(21)23)8-12-4-2-1-3-5-12/h1-7,9-10,16,18,22-23H,8H2. The molecule has 0 spiro atoms. The van der Waals surface area contributed by atoms with Gasteiger partial charge < -0.3 is 15.1 Å². The van der Waals surface area contributed by atoms with E-state index < -0.39 is 6.23 Å². The van der Waals surface area contributed by atoms with Crippen LogP contribution in [0, 0.1) is 11.3 Å². The number of aliphatic hydroxyl groups excluding tert-OH is 2. The van der Waals surface area contributed by atoms with Crippen LogP contribution in [0.5, 0.6) is 0 Å². The highest BCUT2D eigenvalue weighted by Gasteiger charge is 2.34. The summed E-state index contributed by atoms with van der Waals surface area (Å²) in [5.74, 6) is 0.127. The first-order valence-electron chi connectivity index (χ1n) is 7.21. The van der Waals surface area contributed by atoms with Crippen LogP contribution in [-0.2, 0) is 6.42 Å². The Morgan fingerprint density at radius 1 is 1.17 bits per heavy atom. The largest absolute Gasteiger partial charge is 0.510 e. The minimum Gasteiger partial charge on any atom is -0.510 e. The number of nitrogens with zero attached hydrogens (tertiary/aromatic N) is 2. The molecule has 0 aromatic heterocycles. The summed E-state index contributed by atoms with van der Waals surface area (Å²) in [6.45, 7) is 0. The molecule has 1 aliphatic rings. The van der Waals surface area contributed by atoms with Crippen molar-refractivity contribution in [3.05, 3.63) is 76.5 Å². The van der Waals surface area contributed by atoms with Crippen LogP contribution in [0.25, 0.3) is 0 Å². The molecule has 1 aliphatic heterocycles. The Hall–Kier alpha value is -2.48. The van der Waals surface area contributed by atoms with E-state index in [1.807, 2.05) is 36.4 Å². The van der Waals surface area contributed by atoms with Gasteiger partial charge in [0, 0.05) is 18.2 Å². The van der Waals surface area contributed by atoms with Gasteiger partial charge in [-0.25, -0.2) is 0 Å². The summed E-state index contributed by atoms with van der Waals surface area (Å²) in [6, 6.07) is 16.3. The van der Waals surface area contributed by atoms with Gasteiger partial charge in [-0.3, -0.25) is 0 Å². The Bertz CT molecular complexity index is 783. The summed E-state index contributed by atoms with van der Waals surface area (Å²) < 4.78 is 0. The van der Waals surface area contributed by atoms with Gasteiger partial charge in [0.2, 0.25) is 0 Å². The van der Waals surface area contributed by atoms with Crippen LogP contribution in [0.4, 0.5) is 5.69 Å². The smallest absolute Gasteiger partial charge is 0.150 e. The van der Waals surface area contributed by atoms with E-state index in [4.69, 9.17) is 16.9 Å². The Balaban J connectivity index is 1.93. The molecule has 0 fully saturated rings.